The number of carboxylic acid groups (broad SMARTS) is 1. The quantitative estimate of drug-likeness (QED) is 0.461. The number of carbonyl (C=O) groups excluding carboxylic acids is 1. The van der Waals surface area contributed by atoms with Gasteiger partial charge >= 0.3 is 5.97 Å². The average molecular weight is 550 g/mol. The number of sulfonamides is 1. The number of ether oxygens (including phenoxy) is 1. The highest BCUT2D eigenvalue weighted by atomic mass is 32.2. The molecular formula is C29H31N3O6S. The largest absolute Gasteiger partial charge is 0.481 e. The number of hydrogen-bond donors (Lipinski definition) is 1. The van der Waals surface area contributed by atoms with Gasteiger partial charge in [0.1, 0.15) is 5.75 Å². The van der Waals surface area contributed by atoms with Crippen molar-refractivity contribution in [3.8, 4) is 5.75 Å². The van der Waals surface area contributed by atoms with Crippen LogP contribution in [0.5, 0.6) is 5.75 Å². The number of aliphatic carboxylic acids is 1. The summed E-state index contributed by atoms with van der Waals surface area (Å²) < 4.78 is 34.0. The lowest BCUT2D eigenvalue weighted by molar-refractivity contribution is -0.139. The molecule has 1 saturated heterocycles. The number of carbonyl (C=O) groups is 2. The summed E-state index contributed by atoms with van der Waals surface area (Å²) in [4.78, 5) is 28.7. The van der Waals surface area contributed by atoms with Gasteiger partial charge < -0.3 is 14.7 Å². The van der Waals surface area contributed by atoms with Crippen molar-refractivity contribution in [2.24, 2.45) is 0 Å². The lowest BCUT2D eigenvalue weighted by atomic mass is 10.0. The Morgan fingerprint density at radius 2 is 1.54 bits per heavy atom. The standard InChI is InChI=1S/C29H31N3O6S/c33-28(34)21-38-27-11-10-25(39(36,37)32-13-12-23-8-4-5-9-24(23)20-32)18-26(27)29(35)31-16-14-30(15-17-31)19-22-6-2-1-3-7-22/h1-11,18H,12-17,19-21H2,(H,33,34). The van der Waals surface area contributed by atoms with Gasteiger partial charge in [-0.05, 0) is 41.3 Å². The van der Waals surface area contributed by atoms with E-state index in [-0.39, 0.29) is 28.7 Å². The summed E-state index contributed by atoms with van der Waals surface area (Å²) in [6, 6.07) is 21.9. The highest BCUT2D eigenvalue weighted by Gasteiger charge is 2.31. The molecule has 1 amide bonds. The average Bonchev–Trinajstić information content (AvgIpc) is 2.96. The second-order valence-corrected chi connectivity index (χ2v) is 11.7. The van der Waals surface area contributed by atoms with Gasteiger partial charge in [0.15, 0.2) is 6.61 Å². The predicted molar refractivity (Wildman–Crippen MR) is 145 cm³/mol. The molecule has 204 valence electrons. The molecule has 10 heteroatoms. The molecule has 2 aliphatic rings. The van der Waals surface area contributed by atoms with Gasteiger partial charge in [-0.1, -0.05) is 54.6 Å². The Morgan fingerprint density at radius 1 is 0.846 bits per heavy atom. The molecule has 3 aromatic rings. The first-order valence-corrected chi connectivity index (χ1v) is 14.4. The number of rotatable bonds is 8. The van der Waals surface area contributed by atoms with Crippen molar-refractivity contribution in [1.82, 2.24) is 14.1 Å². The molecule has 9 nitrogen and oxygen atoms in total. The van der Waals surface area contributed by atoms with Crippen LogP contribution in [0.25, 0.3) is 0 Å². The van der Waals surface area contributed by atoms with E-state index in [9.17, 15) is 18.0 Å². The fourth-order valence-corrected chi connectivity index (χ4v) is 6.49. The molecule has 2 heterocycles. The third kappa shape index (κ3) is 6.13. The molecule has 2 aliphatic heterocycles. The van der Waals surface area contributed by atoms with Crippen LogP contribution >= 0.6 is 0 Å². The predicted octanol–water partition coefficient (Wildman–Crippen LogP) is 2.86. The first-order valence-electron chi connectivity index (χ1n) is 12.9. The molecule has 0 saturated carbocycles. The van der Waals surface area contributed by atoms with Crippen molar-refractivity contribution in [1.29, 1.82) is 0 Å². The number of carboxylic acids is 1. The molecule has 0 aromatic heterocycles. The lowest BCUT2D eigenvalue weighted by Gasteiger charge is -2.35. The zero-order valence-corrected chi connectivity index (χ0v) is 22.3. The van der Waals surface area contributed by atoms with Crippen LogP contribution in [-0.2, 0) is 34.3 Å². The number of piperazine rings is 1. The topological polar surface area (TPSA) is 107 Å². The van der Waals surface area contributed by atoms with E-state index in [1.807, 2.05) is 42.5 Å². The monoisotopic (exact) mass is 549 g/mol. The third-order valence-corrected chi connectivity index (χ3v) is 9.02. The molecule has 0 atom stereocenters. The molecule has 0 radical (unpaired) electrons. The van der Waals surface area contributed by atoms with Gasteiger partial charge in [-0.2, -0.15) is 4.31 Å². The Kier molecular flexibility index (Phi) is 7.97. The second-order valence-electron chi connectivity index (χ2n) is 9.75. The summed E-state index contributed by atoms with van der Waals surface area (Å²) in [6.45, 7) is 2.98. The maximum absolute atomic E-state index is 13.6. The maximum Gasteiger partial charge on any atom is 0.341 e. The van der Waals surface area contributed by atoms with Gasteiger partial charge in [0.2, 0.25) is 10.0 Å². The van der Waals surface area contributed by atoms with Gasteiger partial charge in [0.25, 0.3) is 5.91 Å². The third-order valence-electron chi connectivity index (χ3n) is 7.17. The van der Waals surface area contributed by atoms with E-state index in [2.05, 4.69) is 17.0 Å². The Balaban J connectivity index is 1.35. The molecule has 0 aliphatic carbocycles. The first-order chi connectivity index (χ1) is 18.8. The number of hydrogen-bond acceptors (Lipinski definition) is 6. The van der Waals surface area contributed by atoms with Crippen molar-refractivity contribution in [3.05, 3.63) is 95.1 Å². The normalized spacial score (nSPS) is 16.5. The molecule has 1 N–H and O–H groups in total. The van der Waals surface area contributed by atoms with E-state index in [0.29, 0.717) is 39.1 Å². The van der Waals surface area contributed by atoms with E-state index < -0.39 is 22.6 Å². The van der Waals surface area contributed by atoms with Gasteiger partial charge in [0, 0.05) is 45.8 Å². The van der Waals surface area contributed by atoms with Gasteiger partial charge in [-0.15, -0.1) is 0 Å². The molecule has 1 fully saturated rings. The number of amides is 1. The maximum atomic E-state index is 13.6. The van der Waals surface area contributed by atoms with Crippen molar-refractivity contribution in [3.63, 3.8) is 0 Å². The van der Waals surface area contributed by atoms with Crippen LogP contribution < -0.4 is 4.74 Å². The summed E-state index contributed by atoms with van der Waals surface area (Å²) in [6.07, 6.45) is 0.605. The van der Waals surface area contributed by atoms with Gasteiger partial charge in [0.05, 0.1) is 10.5 Å². The number of nitrogens with zero attached hydrogens (tertiary/aromatic N) is 3. The van der Waals surface area contributed by atoms with E-state index in [1.165, 1.54) is 28.1 Å². The minimum atomic E-state index is -3.90. The molecule has 0 bridgehead atoms. The summed E-state index contributed by atoms with van der Waals surface area (Å²) in [5.74, 6) is -1.51. The van der Waals surface area contributed by atoms with Crippen LogP contribution in [0.1, 0.15) is 27.0 Å². The molecular weight excluding hydrogens is 518 g/mol. The first kappa shape index (κ1) is 26.9. The Hall–Kier alpha value is -3.73. The molecule has 3 aromatic carbocycles. The zero-order valence-electron chi connectivity index (χ0n) is 21.5. The van der Waals surface area contributed by atoms with Crippen LogP contribution in [0.2, 0.25) is 0 Å². The van der Waals surface area contributed by atoms with Crippen LogP contribution in [0.3, 0.4) is 0 Å². The second kappa shape index (κ2) is 11.6. The van der Waals surface area contributed by atoms with Crippen molar-refractivity contribution >= 4 is 21.9 Å². The summed E-state index contributed by atoms with van der Waals surface area (Å²) in [5.41, 5.74) is 3.33. The van der Waals surface area contributed by atoms with Crippen molar-refractivity contribution in [2.45, 2.75) is 24.4 Å². The molecule has 0 unspecified atom stereocenters. The smallest absolute Gasteiger partial charge is 0.341 e. The Labute approximate surface area is 228 Å². The SMILES string of the molecule is O=C(O)COc1ccc(S(=O)(=O)N2CCc3ccccc3C2)cc1C(=O)N1CCN(Cc2ccccc2)CC1. The van der Waals surface area contributed by atoms with Crippen molar-refractivity contribution < 1.29 is 27.9 Å². The Morgan fingerprint density at radius 3 is 2.26 bits per heavy atom. The summed E-state index contributed by atoms with van der Waals surface area (Å²) in [5, 5.41) is 9.11. The van der Waals surface area contributed by atoms with Crippen LogP contribution in [0.15, 0.2) is 77.7 Å². The molecule has 5 rings (SSSR count). The summed E-state index contributed by atoms with van der Waals surface area (Å²) >= 11 is 0. The highest BCUT2D eigenvalue weighted by molar-refractivity contribution is 7.89. The van der Waals surface area contributed by atoms with E-state index in [4.69, 9.17) is 9.84 Å². The van der Waals surface area contributed by atoms with Crippen LogP contribution in [0, 0.1) is 0 Å². The van der Waals surface area contributed by atoms with Crippen LogP contribution in [-0.4, -0.2) is 78.8 Å². The fourth-order valence-electron chi connectivity index (χ4n) is 5.05. The van der Waals surface area contributed by atoms with Gasteiger partial charge in [-0.3, -0.25) is 9.69 Å². The van der Waals surface area contributed by atoms with Gasteiger partial charge in [-0.25, -0.2) is 13.2 Å². The minimum Gasteiger partial charge on any atom is -0.481 e. The number of fused-ring (bicyclic) bond motifs is 1. The minimum absolute atomic E-state index is 0.0179. The highest BCUT2D eigenvalue weighted by Crippen LogP contribution is 2.29. The van der Waals surface area contributed by atoms with E-state index in [0.717, 1.165) is 17.7 Å². The molecule has 39 heavy (non-hydrogen) atoms. The van der Waals surface area contributed by atoms with Crippen molar-refractivity contribution in [2.75, 3.05) is 39.3 Å². The van der Waals surface area contributed by atoms with Crippen LogP contribution in [0.4, 0.5) is 0 Å². The van der Waals surface area contributed by atoms with E-state index in [1.54, 1.807) is 4.90 Å². The van der Waals surface area contributed by atoms with E-state index >= 15 is 0 Å². The zero-order chi connectivity index (χ0) is 27.4. The lowest BCUT2D eigenvalue weighted by Crippen LogP contribution is -2.48. The Bertz CT molecular complexity index is 1450. The summed E-state index contributed by atoms with van der Waals surface area (Å²) in [7, 11) is -3.90. The molecule has 0 spiro atoms. The fraction of sp³-hybridized carbons (Fsp3) is 0.310. The number of benzene rings is 3.